The van der Waals surface area contributed by atoms with Gasteiger partial charge in [0.05, 0.1) is 41.7 Å². The zero-order chi connectivity index (χ0) is 34.2. The maximum atomic E-state index is 15.3. The third-order valence-corrected chi connectivity index (χ3v) is 11.6. The third-order valence-electron chi connectivity index (χ3n) is 10.8. The van der Waals surface area contributed by atoms with Crippen molar-refractivity contribution in [1.82, 2.24) is 0 Å². The number of phenols is 1. The summed E-state index contributed by atoms with van der Waals surface area (Å²) in [7, 11) is 1.50. The van der Waals surface area contributed by atoms with Crippen LogP contribution in [0.15, 0.2) is 113 Å². The van der Waals surface area contributed by atoms with E-state index >= 15 is 4.79 Å². The summed E-state index contributed by atoms with van der Waals surface area (Å²) in [6, 6.07) is 27.8. The summed E-state index contributed by atoms with van der Waals surface area (Å²) >= 11 is 9.81. The zero-order valence-corrected chi connectivity index (χ0v) is 28.6. The minimum atomic E-state index is -1.49. The highest BCUT2D eigenvalue weighted by molar-refractivity contribution is 9.10. The van der Waals surface area contributed by atoms with E-state index in [1.165, 1.54) is 23.0 Å². The molecule has 6 unspecified atom stereocenters. The molecular formula is C39H30BrClN2O6. The molecule has 4 aromatic carbocycles. The van der Waals surface area contributed by atoms with Crippen molar-refractivity contribution in [2.24, 2.45) is 23.7 Å². The molecule has 2 aliphatic carbocycles. The Labute approximate surface area is 296 Å². The van der Waals surface area contributed by atoms with Gasteiger partial charge in [0.25, 0.3) is 0 Å². The van der Waals surface area contributed by atoms with E-state index in [0.717, 1.165) is 10.0 Å². The predicted octanol–water partition coefficient (Wildman–Crippen LogP) is 7.18. The number of imide groups is 2. The van der Waals surface area contributed by atoms with Crippen molar-refractivity contribution in [2.45, 2.75) is 24.2 Å². The van der Waals surface area contributed by atoms with Crippen molar-refractivity contribution >= 4 is 62.5 Å². The summed E-state index contributed by atoms with van der Waals surface area (Å²) in [6.07, 6.45) is 2.40. The van der Waals surface area contributed by atoms with Gasteiger partial charge < -0.3 is 9.84 Å². The molecule has 4 amide bonds. The monoisotopic (exact) mass is 736 g/mol. The molecular weight excluding hydrogens is 708 g/mol. The maximum Gasteiger partial charge on any atom is 0.246 e. The van der Waals surface area contributed by atoms with Crippen molar-refractivity contribution in [2.75, 3.05) is 16.9 Å². The number of fused-ring (bicyclic) bond motifs is 4. The fourth-order valence-corrected chi connectivity index (χ4v) is 9.28. The quantitative estimate of drug-likeness (QED) is 0.172. The molecule has 246 valence electrons. The molecule has 10 heteroatoms. The van der Waals surface area contributed by atoms with Crippen molar-refractivity contribution in [3.8, 4) is 11.5 Å². The van der Waals surface area contributed by atoms with Gasteiger partial charge in [-0.1, -0.05) is 81.6 Å². The largest absolute Gasteiger partial charge is 0.508 e. The zero-order valence-electron chi connectivity index (χ0n) is 26.3. The van der Waals surface area contributed by atoms with Gasteiger partial charge in [-0.05, 0) is 72.9 Å². The topological polar surface area (TPSA) is 104 Å². The van der Waals surface area contributed by atoms with Crippen LogP contribution in [0.2, 0.25) is 5.02 Å². The number of nitrogens with zero attached hydrogens (tertiary/aromatic N) is 2. The normalized spacial score (nSPS) is 27.5. The van der Waals surface area contributed by atoms with E-state index in [4.69, 9.17) is 16.3 Å². The Balaban J connectivity index is 1.36. The number of hydrogen-bond acceptors (Lipinski definition) is 6. The molecule has 3 fully saturated rings. The molecule has 8 rings (SSSR count). The Morgan fingerprint density at radius 1 is 0.816 bits per heavy atom. The number of allylic oxidation sites excluding steroid dienone is 2. The standard InChI is InChI=1S/C39H30BrClN2O6/c1-49-26-14-15-28(32(44)19-26)34-27-16-17-29-33(37(47)42(35(29)45)24-12-10-22(40)11-13-24)30(27)20-31-36(46)43(25-9-5-8-23(41)18-25)38(48)39(31,34)21-6-3-2-4-7-21/h2-16,18-19,29-31,33-34,44H,17,20H2,1H3. The summed E-state index contributed by atoms with van der Waals surface area (Å²) in [5.74, 6) is -4.88. The lowest BCUT2D eigenvalue weighted by atomic mass is 9.49. The van der Waals surface area contributed by atoms with Crippen LogP contribution in [-0.4, -0.2) is 35.8 Å². The van der Waals surface area contributed by atoms with Gasteiger partial charge in [0.1, 0.15) is 11.5 Å². The molecule has 2 aliphatic heterocycles. The highest BCUT2D eigenvalue weighted by atomic mass is 79.9. The van der Waals surface area contributed by atoms with E-state index in [-0.39, 0.29) is 30.4 Å². The van der Waals surface area contributed by atoms with E-state index < -0.39 is 46.8 Å². The Morgan fingerprint density at radius 3 is 2.27 bits per heavy atom. The van der Waals surface area contributed by atoms with Crippen LogP contribution in [0.1, 0.15) is 29.9 Å². The molecule has 0 aromatic heterocycles. The Kier molecular flexibility index (Phi) is 7.53. The van der Waals surface area contributed by atoms with Gasteiger partial charge >= 0.3 is 0 Å². The molecule has 6 atom stereocenters. The van der Waals surface area contributed by atoms with E-state index in [1.54, 1.807) is 60.7 Å². The minimum Gasteiger partial charge on any atom is -0.508 e. The van der Waals surface area contributed by atoms with Gasteiger partial charge in [0.2, 0.25) is 23.6 Å². The number of methoxy groups -OCH3 is 1. The SMILES string of the molecule is COc1ccc(C2C3=CCC4C(=O)N(c5ccc(Br)cc5)C(=O)C4C3CC3C(=O)N(c4cccc(Cl)c4)C(=O)C32c2ccccc2)c(O)c1. The Bertz CT molecular complexity index is 2080. The second-order valence-electron chi connectivity index (χ2n) is 13.0. The Morgan fingerprint density at radius 2 is 1.57 bits per heavy atom. The molecule has 8 nitrogen and oxygen atoms in total. The van der Waals surface area contributed by atoms with Crippen LogP contribution >= 0.6 is 27.5 Å². The number of aromatic hydroxyl groups is 1. The van der Waals surface area contributed by atoms with Crippen molar-refractivity contribution in [3.63, 3.8) is 0 Å². The van der Waals surface area contributed by atoms with Crippen molar-refractivity contribution in [1.29, 1.82) is 0 Å². The molecule has 2 heterocycles. The van der Waals surface area contributed by atoms with Crippen LogP contribution < -0.4 is 14.5 Å². The van der Waals surface area contributed by atoms with Gasteiger partial charge in [-0.25, -0.2) is 4.90 Å². The number of amides is 4. The van der Waals surface area contributed by atoms with Crippen LogP contribution in [0, 0.1) is 23.7 Å². The first kappa shape index (κ1) is 31.5. The molecule has 49 heavy (non-hydrogen) atoms. The average molecular weight is 738 g/mol. The lowest BCUT2D eigenvalue weighted by Crippen LogP contribution is -2.53. The van der Waals surface area contributed by atoms with Gasteiger partial charge in [-0.3, -0.25) is 24.1 Å². The van der Waals surface area contributed by atoms with Gasteiger partial charge in [0, 0.05) is 27.0 Å². The first-order valence-corrected chi connectivity index (χ1v) is 17.2. The summed E-state index contributed by atoms with van der Waals surface area (Å²) in [5, 5.41) is 12.0. The highest BCUT2D eigenvalue weighted by Gasteiger charge is 2.70. The first-order valence-electron chi connectivity index (χ1n) is 16.1. The molecule has 0 radical (unpaired) electrons. The summed E-state index contributed by atoms with van der Waals surface area (Å²) in [6.45, 7) is 0. The molecule has 4 aliphatic rings. The minimum absolute atomic E-state index is 0.103. The van der Waals surface area contributed by atoms with Crippen LogP contribution in [0.3, 0.4) is 0 Å². The average Bonchev–Trinajstić information content (AvgIpc) is 3.50. The van der Waals surface area contributed by atoms with Crippen LogP contribution in [0.5, 0.6) is 11.5 Å². The number of halogens is 2. The fourth-order valence-electron chi connectivity index (χ4n) is 8.83. The second-order valence-corrected chi connectivity index (χ2v) is 14.4. The van der Waals surface area contributed by atoms with Crippen LogP contribution in [-0.2, 0) is 24.6 Å². The van der Waals surface area contributed by atoms with Crippen molar-refractivity contribution < 1.29 is 29.0 Å². The first-order chi connectivity index (χ1) is 23.7. The molecule has 4 aromatic rings. The van der Waals surface area contributed by atoms with Crippen LogP contribution in [0.4, 0.5) is 11.4 Å². The predicted molar refractivity (Wildman–Crippen MR) is 187 cm³/mol. The van der Waals surface area contributed by atoms with Gasteiger partial charge in [-0.2, -0.15) is 0 Å². The van der Waals surface area contributed by atoms with Crippen LogP contribution in [0.25, 0.3) is 0 Å². The number of phenolic OH excluding ortho intramolecular Hbond substituents is 1. The number of carbonyl (C=O) groups excluding carboxylic acids is 4. The van der Waals surface area contributed by atoms with E-state index in [9.17, 15) is 19.5 Å². The van der Waals surface area contributed by atoms with Gasteiger partial charge in [0.15, 0.2) is 0 Å². The fraction of sp³-hybridized carbons (Fsp3) is 0.231. The van der Waals surface area contributed by atoms with E-state index in [2.05, 4.69) is 15.9 Å². The molecule has 2 saturated heterocycles. The summed E-state index contributed by atoms with van der Waals surface area (Å²) in [4.78, 5) is 60.9. The molecule has 0 bridgehead atoms. The summed E-state index contributed by atoms with van der Waals surface area (Å²) < 4.78 is 6.22. The lowest BCUT2D eigenvalue weighted by Gasteiger charge is -2.50. The number of carbonyl (C=O) groups is 4. The number of rotatable bonds is 5. The second kappa shape index (κ2) is 11.7. The number of ether oxygens (including phenoxy) is 1. The molecule has 0 spiro atoms. The van der Waals surface area contributed by atoms with E-state index in [0.29, 0.717) is 33.3 Å². The molecule has 1 saturated carbocycles. The number of benzene rings is 4. The number of hydrogen-bond donors (Lipinski definition) is 1. The van der Waals surface area contributed by atoms with Crippen molar-refractivity contribution in [3.05, 3.63) is 129 Å². The lowest BCUT2D eigenvalue weighted by molar-refractivity contribution is -0.127. The van der Waals surface area contributed by atoms with E-state index in [1.807, 2.05) is 36.4 Å². The number of anilines is 2. The smallest absolute Gasteiger partial charge is 0.246 e. The van der Waals surface area contributed by atoms with Gasteiger partial charge in [-0.15, -0.1) is 0 Å². The Hall–Kier alpha value is -4.73. The maximum absolute atomic E-state index is 15.3. The third kappa shape index (κ3) is 4.55. The molecule has 1 N–H and O–H groups in total. The summed E-state index contributed by atoms with van der Waals surface area (Å²) in [5.41, 5.74) is 1.14. The highest BCUT2D eigenvalue weighted by Crippen LogP contribution is 2.65.